The second kappa shape index (κ2) is 10.8. The van der Waals surface area contributed by atoms with Crippen molar-refractivity contribution < 1.29 is 0 Å². The van der Waals surface area contributed by atoms with E-state index < -0.39 is 0 Å². The van der Waals surface area contributed by atoms with Crippen molar-refractivity contribution in [2.24, 2.45) is 5.73 Å². The molecular formula is C17H31N3. The molecule has 0 aliphatic rings. The quantitative estimate of drug-likeness (QED) is 0.582. The summed E-state index contributed by atoms with van der Waals surface area (Å²) >= 11 is 0. The van der Waals surface area contributed by atoms with Crippen molar-refractivity contribution in [3.8, 4) is 0 Å². The maximum Gasteiger partial charge on any atom is 0.0232 e. The van der Waals surface area contributed by atoms with Gasteiger partial charge in [-0.3, -0.25) is 0 Å². The van der Waals surface area contributed by atoms with E-state index in [1.165, 1.54) is 18.4 Å². The van der Waals surface area contributed by atoms with Crippen LogP contribution in [0.2, 0.25) is 0 Å². The molecule has 20 heavy (non-hydrogen) atoms. The predicted octanol–water partition coefficient (Wildman–Crippen LogP) is 2.31. The summed E-state index contributed by atoms with van der Waals surface area (Å²) in [6, 6.07) is 11.6. The highest BCUT2D eigenvalue weighted by molar-refractivity contribution is 5.16. The van der Waals surface area contributed by atoms with Gasteiger partial charge in [0, 0.05) is 25.2 Å². The van der Waals surface area contributed by atoms with Crippen LogP contribution in [0.3, 0.4) is 0 Å². The summed E-state index contributed by atoms with van der Waals surface area (Å²) in [5, 5.41) is 7.25. The number of hydrogen-bond donors (Lipinski definition) is 3. The van der Waals surface area contributed by atoms with Gasteiger partial charge < -0.3 is 16.4 Å². The van der Waals surface area contributed by atoms with Crippen molar-refractivity contribution >= 4 is 0 Å². The first-order valence-electron chi connectivity index (χ1n) is 8.00. The Bertz CT molecular complexity index is 326. The van der Waals surface area contributed by atoms with Crippen LogP contribution < -0.4 is 16.4 Å². The van der Waals surface area contributed by atoms with E-state index >= 15 is 0 Å². The third kappa shape index (κ3) is 7.04. The van der Waals surface area contributed by atoms with Crippen LogP contribution in [0.25, 0.3) is 0 Å². The zero-order chi connectivity index (χ0) is 14.6. The Balaban J connectivity index is 2.46. The number of rotatable bonds is 11. The van der Waals surface area contributed by atoms with Gasteiger partial charge >= 0.3 is 0 Å². The molecule has 3 nitrogen and oxygen atoms in total. The van der Waals surface area contributed by atoms with Crippen LogP contribution in [0.5, 0.6) is 0 Å². The molecule has 1 rings (SSSR count). The summed E-state index contributed by atoms with van der Waals surface area (Å²) in [4.78, 5) is 0. The first-order chi connectivity index (χ1) is 9.80. The molecule has 0 saturated heterocycles. The lowest BCUT2D eigenvalue weighted by Crippen LogP contribution is -2.46. The van der Waals surface area contributed by atoms with Crippen LogP contribution in [0, 0.1) is 0 Å². The Morgan fingerprint density at radius 2 is 1.75 bits per heavy atom. The molecule has 114 valence electrons. The minimum absolute atomic E-state index is 0.446. The molecule has 0 spiro atoms. The van der Waals surface area contributed by atoms with Gasteiger partial charge in [-0.2, -0.15) is 0 Å². The Hall–Kier alpha value is -0.900. The predicted molar refractivity (Wildman–Crippen MR) is 88.0 cm³/mol. The molecule has 3 heteroatoms. The molecular weight excluding hydrogens is 246 g/mol. The van der Waals surface area contributed by atoms with Crippen molar-refractivity contribution in [3.63, 3.8) is 0 Å². The molecule has 0 fully saturated rings. The molecule has 1 aromatic rings. The average molecular weight is 277 g/mol. The maximum atomic E-state index is 5.81. The van der Waals surface area contributed by atoms with E-state index in [2.05, 4.69) is 54.8 Å². The molecule has 0 aliphatic heterocycles. The standard InChI is InChI=1S/C17H31N3/c1-3-8-16(13-18)20-14-17(19-11-4-2)12-15-9-6-5-7-10-15/h5-7,9-10,16-17,19-20H,3-4,8,11-14,18H2,1-2H3/t16-,17+/m1/s1. The van der Waals surface area contributed by atoms with Crippen molar-refractivity contribution in [1.82, 2.24) is 10.6 Å². The van der Waals surface area contributed by atoms with E-state index in [1.54, 1.807) is 0 Å². The van der Waals surface area contributed by atoms with Crippen molar-refractivity contribution in [3.05, 3.63) is 35.9 Å². The summed E-state index contributed by atoms with van der Waals surface area (Å²) in [6.45, 7) is 7.19. The minimum atomic E-state index is 0.446. The summed E-state index contributed by atoms with van der Waals surface area (Å²) in [7, 11) is 0. The fourth-order valence-corrected chi connectivity index (χ4v) is 2.42. The third-order valence-corrected chi connectivity index (χ3v) is 3.58. The Morgan fingerprint density at radius 3 is 2.35 bits per heavy atom. The number of nitrogens with two attached hydrogens (primary N) is 1. The van der Waals surface area contributed by atoms with Crippen LogP contribution in [0.4, 0.5) is 0 Å². The molecule has 1 aromatic carbocycles. The topological polar surface area (TPSA) is 50.1 Å². The molecule has 0 saturated carbocycles. The van der Waals surface area contributed by atoms with E-state index in [0.29, 0.717) is 12.1 Å². The number of hydrogen-bond acceptors (Lipinski definition) is 3. The van der Waals surface area contributed by atoms with Crippen LogP contribution in [-0.2, 0) is 6.42 Å². The fourth-order valence-electron chi connectivity index (χ4n) is 2.42. The maximum absolute atomic E-state index is 5.81. The molecule has 0 aliphatic carbocycles. The van der Waals surface area contributed by atoms with Gasteiger partial charge in [0.05, 0.1) is 0 Å². The molecule has 0 amide bonds. The van der Waals surface area contributed by atoms with Gasteiger partial charge in [0.25, 0.3) is 0 Å². The van der Waals surface area contributed by atoms with Crippen molar-refractivity contribution in [1.29, 1.82) is 0 Å². The van der Waals surface area contributed by atoms with E-state index in [0.717, 1.165) is 32.5 Å². The van der Waals surface area contributed by atoms with Gasteiger partial charge in [0.2, 0.25) is 0 Å². The van der Waals surface area contributed by atoms with Gasteiger partial charge in [-0.1, -0.05) is 50.6 Å². The van der Waals surface area contributed by atoms with E-state index in [-0.39, 0.29) is 0 Å². The zero-order valence-corrected chi connectivity index (χ0v) is 13.1. The lowest BCUT2D eigenvalue weighted by atomic mass is 10.0. The number of nitrogens with one attached hydrogen (secondary N) is 2. The first-order valence-corrected chi connectivity index (χ1v) is 8.00. The molecule has 0 unspecified atom stereocenters. The second-order valence-corrected chi connectivity index (χ2v) is 5.47. The lowest BCUT2D eigenvalue weighted by molar-refractivity contribution is 0.415. The van der Waals surface area contributed by atoms with Gasteiger partial charge in [-0.05, 0) is 31.4 Å². The van der Waals surface area contributed by atoms with E-state index in [1.807, 2.05) is 0 Å². The summed E-state index contributed by atoms with van der Waals surface area (Å²) < 4.78 is 0. The highest BCUT2D eigenvalue weighted by atomic mass is 15.0. The molecule has 0 aromatic heterocycles. The van der Waals surface area contributed by atoms with Gasteiger partial charge in [-0.25, -0.2) is 0 Å². The molecule has 2 atom stereocenters. The molecule has 0 bridgehead atoms. The monoisotopic (exact) mass is 277 g/mol. The van der Waals surface area contributed by atoms with E-state index in [9.17, 15) is 0 Å². The van der Waals surface area contributed by atoms with Crippen LogP contribution >= 0.6 is 0 Å². The smallest absolute Gasteiger partial charge is 0.0232 e. The first kappa shape index (κ1) is 17.2. The normalized spacial score (nSPS) is 14.2. The Kier molecular flexibility index (Phi) is 9.29. The van der Waals surface area contributed by atoms with Crippen LogP contribution in [0.15, 0.2) is 30.3 Å². The molecule has 0 radical (unpaired) electrons. The van der Waals surface area contributed by atoms with Gasteiger partial charge in [0.1, 0.15) is 0 Å². The minimum Gasteiger partial charge on any atom is -0.329 e. The lowest BCUT2D eigenvalue weighted by Gasteiger charge is -2.23. The zero-order valence-electron chi connectivity index (χ0n) is 13.1. The van der Waals surface area contributed by atoms with Crippen molar-refractivity contribution in [2.75, 3.05) is 19.6 Å². The van der Waals surface area contributed by atoms with E-state index in [4.69, 9.17) is 5.73 Å². The van der Waals surface area contributed by atoms with Crippen LogP contribution in [-0.4, -0.2) is 31.7 Å². The highest BCUT2D eigenvalue weighted by Gasteiger charge is 2.11. The molecule has 4 N–H and O–H groups in total. The summed E-state index contributed by atoms with van der Waals surface area (Å²) in [5.74, 6) is 0. The Labute approximate surface area is 124 Å². The van der Waals surface area contributed by atoms with Crippen LogP contribution in [0.1, 0.15) is 38.7 Å². The summed E-state index contributed by atoms with van der Waals surface area (Å²) in [5.41, 5.74) is 7.21. The van der Waals surface area contributed by atoms with Gasteiger partial charge in [-0.15, -0.1) is 0 Å². The third-order valence-electron chi connectivity index (χ3n) is 3.58. The average Bonchev–Trinajstić information content (AvgIpc) is 2.49. The molecule has 0 heterocycles. The highest BCUT2D eigenvalue weighted by Crippen LogP contribution is 2.04. The fraction of sp³-hybridized carbons (Fsp3) is 0.647. The second-order valence-electron chi connectivity index (χ2n) is 5.47. The Morgan fingerprint density at radius 1 is 1.00 bits per heavy atom. The largest absolute Gasteiger partial charge is 0.329 e. The number of benzene rings is 1. The SMILES string of the molecule is CCCN[C@H](CN[C@@H](CN)CCC)Cc1ccccc1. The summed E-state index contributed by atoms with van der Waals surface area (Å²) in [6.07, 6.45) is 4.57. The van der Waals surface area contributed by atoms with Crippen molar-refractivity contribution in [2.45, 2.75) is 51.6 Å². The van der Waals surface area contributed by atoms with Gasteiger partial charge in [0.15, 0.2) is 0 Å².